The van der Waals surface area contributed by atoms with E-state index >= 15 is 0 Å². The lowest BCUT2D eigenvalue weighted by atomic mass is 10.2. The first kappa shape index (κ1) is 15.0. The van der Waals surface area contributed by atoms with Gasteiger partial charge in [-0.25, -0.2) is 4.98 Å². The smallest absolute Gasteiger partial charge is 0.275 e. The van der Waals surface area contributed by atoms with Gasteiger partial charge in [-0.1, -0.05) is 35.9 Å². The molecule has 0 bridgehead atoms. The normalized spacial score (nSPS) is 11.0. The molecule has 0 atom stereocenters. The number of nitrogens with zero attached hydrogens (tertiary/aromatic N) is 3. The molecular weight excluding hydrogens is 320 g/mol. The number of hydrogen-bond acceptors (Lipinski definition) is 5. The molecule has 0 unspecified atom stereocenters. The predicted octanol–water partition coefficient (Wildman–Crippen LogP) is 3.29. The molecule has 22 heavy (non-hydrogen) atoms. The standard InChI is InChI=1S/C15H15ClN4OS/c1-3-13-19-20-14(21)7-11(18-15(20)22-13)8-17-10-5-4-9(2)12(16)6-10/h4-7,17H,3,8H2,1-2H3. The monoisotopic (exact) mass is 334 g/mol. The van der Waals surface area contributed by atoms with Crippen LogP contribution in [0.1, 0.15) is 23.2 Å². The number of aryl methyl sites for hydroxylation is 2. The summed E-state index contributed by atoms with van der Waals surface area (Å²) in [6.07, 6.45) is 0.795. The fraction of sp³-hybridized carbons (Fsp3) is 0.267. The zero-order valence-corrected chi connectivity index (χ0v) is 13.8. The van der Waals surface area contributed by atoms with Gasteiger partial charge in [0.25, 0.3) is 5.56 Å². The number of hydrogen-bond donors (Lipinski definition) is 1. The molecule has 0 aliphatic heterocycles. The van der Waals surface area contributed by atoms with Crippen LogP contribution in [0.5, 0.6) is 0 Å². The molecule has 1 N–H and O–H groups in total. The first-order valence-corrected chi connectivity index (χ1v) is 8.15. The number of benzene rings is 1. The highest BCUT2D eigenvalue weighted by Crippen LogP contribution is 2.20. The lowest BCUT2D eigenvalue weighted by Crippen LogP contribution is -2.16. The predicted molar refractivity (Wildman–Crippen MR) is 90.0 cm³/mol. The number of anilines is 1. The maximum absolute atomic E-state index is 12.1. The van der Waals surface area contributed by atoms with Crippen LogP contribution >= 0.6 is 22.9 Å². The fourth-order valence-electron chi connectivity index (χ4n) is 2.02. The van der Waals surface area contributed by atoms with Crippen molar-refractivity contribution in [1.82, 2.24) is 14.6 Å². The van der Waals surface area contributed by atoms with Crippen molar-refractivity contribution in [1.29, 1.82) is 0 Å². The summed E-state index contributed by atoms with van der Waals surface area (Å²) in [6.45, 7) is 4.43. The van der Waals surface area contributed by atoms with E-state index in [2.05, 4.69) is 15.4 Å². The lowest BCUT2D eigenvalue weighted by molar-refractivity contribution is 0.846. The summed E-state index contributed by atoms with van der Waals surface area (Å²) >= 11 is 7.55. The number of nitrogens with one attached hydrogen (secondary N) is 1. The Labute approximate surface area is 136 Å². The molecule has 3 rings (SSSR count). The van der Waals surface area contributed by atoms with Crippen molar-refractivity contribution in [2.24, 2.45) is 0 Å². The first-order valence-electron chi connectivity index (χ1n) is 6.95. The van der Waals surface area contributed by atoms with Gasteiger partial charge in [0.15, 0.2) is 0 Å². The quantitative estimate of drug-likeness (QED) is 0.795. The van der Waals surface area contributed by atoms with Gasteiger partial charge in [0.05, 0.1) is 12.2 Å². The summed E-state index contributed by atoms with van der Waals surface area (Å²) in [5, 5.41) is 9.08. The van der Waals surface area contributed by atoms with Crippen molar-refractivity contribution >= 4 is 33.6 Å². The van der Waals surface area contributed by atoms with Crippen molar-refractivity contribution < 1.29 is 0 Å². The van der Waals surface area contributed by atoms with E-state index in [1.165, 1.54) is 21.9 Å². The second kappa shape index (κ2) is 6.06. The first-order chi connectivity index (χ1) is 10.6. The van der Waals surface area contributed by atoms with Gasteiger partial charge in [-0.05, 0) is 31.0 Å². The van der Waals surface area contributed by atoms with Gasteiger partial charge in [-0.2, -0.15) is 9.61 Å². The molecule has 7 heteroatoms. The van der Waals surface area contributed by atoms with Crippen molar-refractivity contribution in [3.8, 4) is 0 Å². The highest BCUT2D eigenvalue weighted by molar-refractivity contribution is 7.16. The Bertz CT molecular complexity index is 887. The molecular formula is C15H15ClN4OS. The van der Waals surface area contributed by atoms with E-state index in [4.69, 9.17) is 11.6 Å². The molecule has 0 saturated carbocycles. The van der Waals surface area contributed by atoms with E-state index in [1.807, 2.05) is 32.0 Å². The summed E-state index contributed by atoms with van der Waals surface area (Å²) in [5.41, 5.74) is 2.46. The maximum Gasteiger partial charge on any atom is 0.275 e. The average Bonchev–Trinajstić information content (AvgIpc) is 2.92. The van der Waals surface area contributed by atoms with E-state index in [9.17, 15) is 4.79 Å². The number of fused-ring (bicyclic) bond motifs is 1. The molecule has 114 valence electrons. The molecule has 0 aliphatic carbocycles. The van der Waals surface area contributed by atoms with Gasteiger partial charge in [-0.15, -0.1) is 0 Å². The van der Waals surface area contributed by atoms with Crippen LogP contribution in [0.25, 0.3) is 4.96 Å². The molecule has 1 aromatic carbocycles. The molecule has 2 aromatic heterocycles. The largest absolute Gasteiger partial charge is 0.379 e. The van der Waals surface area contributed by atoms with Gasteiger partial charge in [0.1, 0.15) is 5.01 Å². The fourth-order valence-corrected chi connectivity index (χ4v) is 3.06. The minimum atomic E-state index is -0.153. The maximum atomic E-state index is 12.1. The highest BCUT2D eigenvalue weighted by Gasteiger charge is 2.08. The third-order valence-electron chi connectivity index (χ3n) is 3.29. The van der Waals surface area contributed by atoms with Crippen LogP contribution in [-0.2, 0) is 13.0 Å². The zero-order chi connectivity index (χ0) is 15.7. The number of aromatic nitrogens is 3. The van der Waals surface area contributed by atoms with Crippen molar-refractivity contribution in [3.63, 3.8) is 0 Å². The molecule has 0 radical (unpaired) electrons. The Morgan fingerprint density at radius 1 is 1.36 bits per heavy atom. The van der Waals surface area contributed by atoms with Crippen molar-refractivity contribution in [3.05, 3.63) is 55.9 Å². The topological polar surface area (TPSA) is 59.3 Å². The van der Waals surface area contributed by atoms with E-state index < -0.39 is 0 Å². The van der Waals surface area contributed by atoms with Crippen LogP contribution in [0.3, 0.4) is 0 Å². The van der Waals surface area contributed by atoms with Gasteiger partial charge in [0.2, 0.25) is 4.96 Å². The van der Waals surface area contributed by atoms with Gasteiger partial charge in [0, 0.05) is 16.8 Å². The van der Waals surface area contributed by atoms with Gasteiger partial charge >= 0.3 is 0 Å². The van der Waals surface area contributed by atoms with E-state index in [-0.39, 0.29) is 5.56 Å². The summed E-state index contributed by atoms with van der Waals surface area (Å²) in [5.74, 6) is 0. The average molecular weight is 335 g/mol. The van der Waals surface area contributed by atoms with Gasteiger partial charge < -0.3 is 5.32 Å². The Hall–Kier alpha value is -1.92. The summed E-state index contributed by atoms with van der Waals surface area (Å²) in [6, 6.07) is 7.28. The van der Waals surface area contributed by atoms with Crippen LogP contribution in [0, 0.1) is 6.92 Å². The van der Waals surface area contributed by atoms with Crippen LogP contribution in [-0.4, -0.2) is 14.6 Å². The molecule has 0 fully saturated rings. The van der Waals surface area contributed by atoms with Crippen LogP contribution in [0.2, 0.25) is 5.02 Å². The Kier molecular flexibility index (Phi) is 4.13. The van der Waals surface area contributed by atoms with E-state index in [0.717, 1.165) is 22.7 Å². The number of rotatable bonds is 4. The van der Waals surface area contributed by atoms with Crippen LogP contribution in [0.4, 0.5) is 5.69 Å². The molecule has 0 aliphatic rings. The van der Waals surface area contributed by atoms with Crippen LogP contribution < -0.4 is 10.9 Å². The molecule has 2 heterocycles. The van der Waals surface area contributed by atoms with Crippen LogP contribution in [0.15, 0.2) is 29.1 Å². The second-order valence-corrected chi connectivity index (χ2v) is 6.39. The number of halogens is 1. The Morgan fingerprint density at radius 3 is 2.91 bits per heavy atom. The SMILES string of the molecule is CCc1nn2c(=O)cc(CNc3ccc(C)c(Cl)c3)nc2s1. The Balaban J connectivity index is 1.84. The molecule has 3 aromatic rings. The van der Waals surface area contributed by atoms with Gasteiger partial charge in [-0.3, -0.25) is 4.79 Å². The third-order valence-corrected chi connectivity index (χ3v) is 4.75. The zero-order valence-electron chi connectivity index (χ0n) is 12.3. The molecule has 0 spiro atoms. The third kappa shape index (κ3) is 2.98. The minimum Gasteiger partial charge on any atom is -0.379 e. The van der Waals surface area contributed by atoms with E-state index in [0.29, 0.717) is 22.2 Å². The molecule has 5 nitrogen and oxygen atoms in total. The molecule has 0 amide bonds. The molecule has 0 saturated heterocycles. The highest BCUT2D eigenvalue weighted by atomic mass is 35.5. The summed E-state index contributed by atoms with van der Waals surface area (Å²) < 4.78 is 1.36. The van der Waals surface area contributed by atoms with E-state index in [1.54, 1.807) is 0 Å². The second-order valence-electron chi connectivity index (χ2n) is 4.95. The lowest BCUT2D eigenvalue weighted by Gasteiger charge is -2.07. The minimum absolute atomic E-state index is 0.153. The van der Waals surface area contributed by atoms with Crippen molar-refractivity contribution in [2.75, 3.05) is 5.32 Å². The van der Waals surface area contributed by atoms with Crippen molar-refractivity contribution in [2.45, 2.75) is 26.8 Å². The summed E-state index contributed by atoms with van der Waals surface area (Å²) in [7, 11) is 0. The summed E-state index contributed by atoms with van der Waals surface area (Å²) in [4.78, 5) is 17.2. The Morgan fingerprint density at radius 2 is 2.18 bits per heavy atom.